The zero-order chi connectivity index (χ0) is 12.3. The molecule has 0 atom stereocenters. The van der Waals surface area contributed by atoms with E-state index in [0.717, 1.165) is 10.9 Å². The number of benzene rings is 1. The average Bonchev–Trinajstić information content (AvgIpc) is 2.35. The summed E-state index contributed by atoms with van der Waals surface area (Å²) in [5.41, 5.74) is 1.31. The second-order valence-corrected chi connectivity index (χ2v) is 5.31. The van der Waals surface area contributed by atoms with Gasteiger partial charge in [0.05, 0.1) is 0 Å². The molecule has 0 spiro atoms. The molecule has 1 radical (unpaired) electrons. The zero-order valence-corrected chi connectivity index (χ0v) is 12.3. The van der Waals surface area contributed by atoms with E-state index in [0.29, 0.717) is 0 Å². The third kappa shape index (κ3) is 7.38. The van der Waals surface area contributed by atoms with Gasteiger partial charge in [0.25, 0.3) is 0 Å². The summed E-state index contributed by atoms with van der Waals surface area (Å²) in [5.74, 6) is 0. The van der Waals surface area contributed by atoms with E-state index in [1.165, 1.54) is 44.1 Å². The molecule has 0 amide bonds. The standard InChI is InChI=1S/C16H22Br/c1-2-3-4-5-6-7-8-9-10-15-11-13-16(17)14-12-15/h6-7,11,13-14H,2-5,8-10H2,1H3. The molecule has 0 saturated carbocycles. The van der Waals surface area contributed by atoms with Gasteiger partial charge in [-0.05, 0) is 55.9 Å². The maximum absolute atomic E-state index is 3.43. The highest BCUT2D eigenvalue weighted by Crippen LogP contribution is 2.12. The molecular weight excluding hydrogens is 272 g/mol. The summed E-state index contributed by atoms with van der Waals surface area (Å²) in [6, 6.07) is 9.52. The monoisotopic (exact) mass is 293 g/mol. The third-order valence-electron chi connectivity index (χ3n) is 2.80. The highest BCUT2D eigenvalue weighted by molar-refractivity contribution is 9.10. The molecule has 0 bridgehead atoms. The van der Waals surface area contributed by atoms with Crippen molar-refractivity contribution >= 4 is 15.9 Å². The lowest BCUT2D eigenvalue weighted by atomic mass is 10.1. The minimum Gasteiger partial charge on any atom is -0.0885 e. The van der Waals surface area contributed by atoms with Gasteiger partial charge in [-0.25, -0.2) is 0 Å². The van der Waals surface area contributed by atoms with Gasteiger partial charge < -0.3 is 0 Å². The lowest BCUT2D eigenvalue weighted by Gasteiger charge is -1.99. The number of rotatable bonds is 8. The van der Waals surface area contributed by atoms with Gasteiger partial charge in [-0.3, -0.25) is 0 Å². The molecule has 1 aromatic rings. The van der Waals surface area contributed by atoms with Gasteiger partial charge in [0.1, 0.15) is 0 Å². The van der Waals surface area contributed by atoms with Gasteiger partial charge in [0, 0.05) is 4.47 Å². The molecule has 0 aromatic heterocycles. The second-order valence-electron chi connectivity index (χ2n) is 4.39. The van der Waals surface area contributed by atoms with Crippen molar-refractivity contribution in [2.45, 2.75) is 51.9 Å². The van der Waals surface area contributed by atoms with E-state index in [-0.39, 0.29) is 0 Å². The van der Waals surface area contributed by atoms with Crippen molar-refractivity contribution in [2.24, 2.45) is 0 Å². The molecule has 17 heavy (non-hydrogen) atoms. The number of hydrogen-bond donors (Lipinski definition) is 0. The van der Waals surface area contributed by atoms with Crippen LogP contribution in [0.3, 0.4) is 0 Å². The normalized spacial score (nSPS) is 11.2. The van der Waals surface area contributed by atoms with E-state index in [9.17, 15) is 0 Å². The molecule has 0 fully saturated rings. The zero-order valence-electron chi connectivity index (χ0n) is 10.7. The Labute approximate surface area is 114 Å². The fraction of sp³-hybridized carbons (Fsp3) is 0.500. The van der Waals surface area contributed by atoms with Crippen molar-refractivity contribution in [1.29, 1.82) is 0 Å². The van der Waals surface area contributed by atoms with Crippen LogP contribution in [0, 0.1) is 6.07 Å². The summed E-state index contributed by atoms with van der Waals surface area (Å²) in [5, 5.41) is 0. The van der Waals surface area contributed by atoms with Crippen LogP contribution in [0.1, 0.15) is 51.0 Å². The predicted octanol–water partition coefficient (Wildman–Crippen LogP) is 5.71. The fourth-order valence-corrected chi connectivity index (χ4v) is 2.00. The minimum absolute atomic E-state index is 1.11. The molecule has 0 nitrogen and oxygen atoms in total. The first-order valence-corrected chi connectivity index (χ1v) is 7.43. The molecule has 0 aliphatic rings. The van der Waals surface area contributed by atoms with Crippen LogP contribution >= 0.6 is 15.9 Å². The van der Waals surface area contributed by atoms with Gasteiger partial charge >= 0.3 is 0 Å². The first-order valence-electron chi connectivity index (χ1n) is 6.64. The molecule has 1 heteroatoms. The molecule has 1 rings (SSSR count). The third-order valence-corrected chi connectivity index (χ3v) is 3.29. The molecule has 0 N–H and O–H groups in total. The Morgan fingerprint density at radius 1 is 1.12 bits per heavy atom. The summed E-state index contributed by atoms with van der Waals surface area (Å²) >= 11 is 3.43. The topological polar surface area (TPSA) is 0 Å². The Bertz CT molecular complexity index is 311. The Morgan fingerprint density at radius 3 is 2.53 bits per heavy atom. The second kappa shape index (κ2) is 9.47. The van der Waals surface area contributed by atoms with Gasteiger partial charge in [-0.1, -0.05) is 53.9 Å². The first-order chi connectivity index (χ1) is 8.33. The maximum atomic E-state index is 3.43. The SMILES string of the molecule is CCCCCC=CCCCc1[c]cc(Br)cc1. The van der Waals surface area contributed by atoms with E-state index < -0.39 is 0 Å². The van der Waals surface area contributed by atoms with Crippen molar-refractivity contribution in [2.75, 3.05) is 0 Å². The molecule has 93 valence electrons. The Kier molecular flexibility index (Phi) is 8.08. The number of allylic oxidation sites excluding steroid dienone is 2. The quantitative estimate of drug-likeness (QED) is 0.425. The van der Waals surface area contributed by atoms with Crippen LogP contribution in [0.15, 0.2) is 34.8 Å². The Balaban J connectivity index is 2.05. The Morgan fingerprint density at radius 2 is 1.88 bits per heavy atom. The van der Waals surface area contributed by atoms with Crippen LogP contribution in [-0.2, 0) is 6.42 Å². The van der Waals surface area contributed by atoms with Gasteiger partial charge in [-0.15, -0.1) is 0 Å². The molecule has 0 unspecified atom stereocenters. The number of halogens is 1. The average molecular weight is 294 g/mol. The lowest BCUT2D eigenvalue weighted by Crippen LogP contribution is -1.84. The van der Waals surface area contributed by atoms with Crippen molar-refractivity contribution in [1.82, 2.24) is 0 Å². The predicted molar refractivity (Wildman–Crippen MR) is 79.2 cm³/mol. The van der Waals surface area contributed by atoms with E-state index in [2.05, 4.69) is 53.2 Å². The van der Waals surface area contributed by atoms with Crippen LogP contribution < -0.4 is 0 Å². The van der Waals surface area contributed by atoms with E-state index >= 15 is 0 Å². The van der Waals surface area contributed by atoms with Gasteiger partial charge in [0.2, 0.25) is 0 Å². The van der Waals surface area contributed by atoms with Crippen LogP contribution in [0.5, 0.6) is 0 Å². The van der Waals surface area contributed by atoms with Crippen LogP contribution in [0.25, 0.3) is 0 Å². The molecule has 0 aliphatic carbocycles. The largest absolute Gasteiger partial charge is 0.0885 e. The van der Waals surface area contributed by atoms with Crippen molar-refractivity contribution in [3.8, 4) is 0 Å². The smallest absolute Gasteiger partial charge is 0.0181 e. The lowest BCUT2D eigenvalue weighted by molar-refractivity contribution is 0.726. The van der Waals surface area contributed by atoms with E-state index in [1.54, 1.807) is 0 Å². The molecule has 0 heterocycles. The molecule has 0 aliphatic heterocycles. The Hall–Kier alpha value is -0.560. The molecule has 1 aromatic carbocycles. The summed E-state index contributed by atoms with van der Waals surface area (Å²) in [6.45, 7) is 2.25. The van der Waals surface area contributed by atoms with E-state index in [4.69, 9.17) is 0 Å². The molecular formula is C16H22Br. The van der Waals surface area contributed by atoms with Gasteiger partial charge in [-0.2, -0.15) is 0 Å². The van der Waals surface area contributed by atoms with Crippen LogP contribution in [0.2, 0.25) is 0 Å². The highest BCUT2D eigenvalue weighted by atomic mass is 79.9. The number of aryl methyl sites for hydroxylation is 1. The maximum Gasteiger partial charge on any atom is 0.0181 e. The van der Waals surface area contributed by atoms with Crippen molar-refractivity contribution in [3.05, 3.63) is 46.5 Å². The van der Waals surface area contributed by atoms with Gasteiger partial charge in [0.15, 0.2) is 0 Å². The summed E-state index contributed by atoms with van der Waals surface area (Å²) in [7, 11) is 0. The summed E-state index contributed by atoms with van der Waals surface area (Å²) < 4.78 is 1.11. The first kappa shape index (κ1) is 14.5. The summed E-state index contributed by atoms with van der Waals surface area (Å²) in [4.78, 5) is 0. The minimum atomic E-state index is 1.11. The molecule has 0 saturated heterocycles. The fourth-order valence-electron chi connectivity index (χ4n) is 1.75. The van der Waals surface area contributed by atoms with E-state index in [1.807, 2.05) is 6.07 Å². The van der Waals surface area contributed by atoms with Crippen molar-refractivity contribution < 1.29 is 0 Å². The highest BCUT2D eigenvalue weighted by Gasteiger charge is 1.92. The van der Waals surface area contributed by atoms with Crippen LogP contribution in [-0.4, -0.2) is 0 Å². The number of unbranched alkanes of at least 4 members (excludes halogenated alkanes) is 4. The van der Waals surface area contributed by atoms with Crippen molar-refractivity contribution in [3.63, 3.8) is 0 Å². The summed E-state index contributed by atoms with van der Waals surface area (Å²) in [6.07, 6.45) is 13.5. The number of hydrogen-bond acceptors (Lipinski definition) is 0. The van der Waals surface area contributed by atoms with Crippen LogP contribution in [0.4, 0.5) is 0 Å².